The Morgan fingerprint density at radius 3 is 2.28 bits per heavy atom. The fourth-order valence-electron chi connectivity index (χ4n) is 1.74. The Kier molecular flexibility index (Phi) is 4.24. The predicted molar refractivity (Wildman–Crippen MR) is 67.1 cm³/mol. The van der Waals surface area contributed by atoms with Crippen molar-refractivity contribution in [1.82, 2.24) is 0 Å². The van der Waals surface area contributed by atoms with Gasteiger partial charge in [-0.05, 0) is 11.6 Å². The van der Waals surface area contributed by atoms with Crippen molar-refractivity contribution in [3.8, 4) is 0 Å². The second kappa shape index (κ2) is 5.30. The maximum atomic E-state index is 11.1. The SMILES string of the molecule is CC(C)([C@@H](C[N+](=O)[O-])c1ccccc1Cl)[N+](=O)[O-]. The highest BCUT2D eigenvalue weighted by atomic mass is 35.5. The molecule has 0 aromatic heterocycles. The molecule has 0 unspecified atom stereocenters. The molecule has 0 N–H and O–H groups in total. The summed E-state index contributed by atoms with van der Waals surface area (Å²) in [5, 5.41) is 22.1. The monoisotopic (exact) mass is 272 g/mol. The number of rotatable bonds is 5. The van der Waals surface area contributed by atoms with Crippen LogP contribution >= 0.6 is 11.6 Å². The summed E-state index contributed by atoms with van der Waals surface area (Å²) >= 11 is 5.97. The van der Waals surface area contributed by atoms with Gasteiger partial charge in [0.2, 0.25) is 12.1 Å². The van der Waals surface area contributed by atoms with Crippen molar-refractivity contribution < 1.29 is 9.85 Å². The zero-order chi connectivity index (χ0) is 13.9. The van der Waals surface area contributed by atoms with E-state index in [-0.39, 0.29) is 0 Å². The van der Waals surface area contributed by atoms with E-state index in [1.54, 1.807) is 24.3 Å². The number of halogens is 1. The van der Waals surface area contributed by atoms with E-state index in [1.807, 2.05) is 0 Å². The second-order valence-electron chi connectivity index (χ2n) is 4.50. The first-order valence-corrected chi connectivity index (χ1v) is 5.65. The van der Waals surface area contributed by atoms with E-state index in [0.717, 1.165) is 0 Å². The topological polar surface area (TPSA) is 86.3 Å². The van der Waals surface area contributed by atoms with Crippen LogP contribution in [0.2, 0.25) is 5.02 Å². The summed E-state index contributed by atoms with van der Waals surface area (Å²) in [6.07, 6.45) is 0. The van der Waals surface area contributed by atoms with E-state index in [2.05, 4.69) is 0 Å². The minimum Gasteiger partial charge on any atom is -0.265 e. The molecule has 98 valence electrons. The molecule has 0 aliphatic carbocycles. The molecule has 0 fully saturated rings. The van der Waals surface area contributed by atoms with Gasteiger partial charge in [-0.1, -0.05) is 29.8 Å². The summed E-state index contributed by atoms with van der Waals surface area (Å²) in [7, 11) is 0. The van der Waals surface area contributed by atoms with Gasteiger partial charge in [-0.2, -0.15) is 0 Å². The van der Waals surface area contributed by atoms with Crippen molar-refractivity contribution in [2.45, 2.75) is 25.3 Å². The number of nitro groups is 2. The van der Waals surface area contributed by atoms with E-state index in [0.29, 0.717) is 10.6 Å². The first-order valence-electron chi connectivity index (χ1n) is 5.27. The predicted octanol–water partition coefficient (Wildman–Crippen LogP) is 2.76. The van der Waals surface area contributed by atoms with Crippen LogP contribution in [0, 0.1) is 20.2 Å². The van der Waals surface area contributed by atoms with Gasteiger partial charge in [0.15, 0.2) is 0 Å². The van der Waals surface area contributed by atoms with Gasteiger partial charge in [0, 0.05) is 28.7 Å². The molecule has 0 bridgehead atoms. The van der Waals surface area contributed by atoms with E-state index in [4.69, 9.17) is 11.6 Å². The normalized spacial score (nSPS) is 13.1. The first kappa shape index (κ1) is 14.4. The Bertz CT molecular complexity index is 476. The van der Waals surface area contributed by atoms with Crippen LogP contribution < -0.4 is 0 Å². The molecule has 0 spiro atoms. The number of benzene rings is 1. The smallest absolute Gasteiger partial charge is 0.229 e. The van der Waals surface area contributed by atoms with Crippen molar-refractivity contribution in [2.75, 3.05) is 6.54 Å². The fraction of sp³-hybridized carbons (Fsp3) is 0.455. The molecule has 0 saturated heterocycles. The average Bonchev–Trinajstić information content (AvgIpc) is 2.26. The molecule has 1 atom stereocenters. The van der Waals surface area contributed by atoms with Crippen molar-refractivity contribution in [3.63, 3.8) is 0 Å². The van der Waals surface area contributed by atoms with Gasteiger partial charge < -0.3 is 0 Å². The number of hydrogen-bond donors (Lipinski definition) is 0. The molecule has 18 heavy (non-hydrogen) atoms. The number of nitrogens with zero attached hydrogens (tertiary/aromatic N) is 2. The van der Waals surface area contributed by atoms with Crippen molar-refractivity contribution in [2.24, 2.45) is 0 Å². The molecule has 7 heteroatoms. The van der Waals surface area contributed by atoms with E-state index in [9.17, 15) is 20.2 Å². The summed E-state index contributed by atoms with van der Waals surface area (Å²) in [6.45, 7) is 2.20. The largest absolute Gasteiger partial charge is 0.265 e. The zero-order valence-corrected chi connectivity index (χ0v) is 10.8. The Hall–Kier alpha value is -1.69. The molecular weight excluding hydrogens is 260 g/mol. The van der Waals surface area contributed by atoms with Crippen LogP contribution in [-0.4, -0.2) is 21.9 Å². The standard InChI is InChI=1S/C11H13ClN2O4/c1-11(2,14(17)18)9(7-13(15)16)8-5-3-4-6-10(8)12/h3-6,9H,7H2,1-2H3/t9-/m0/s1. The molecule has 1 rings (SSSR count). The molecule has 0 radical (unpaired) electrons. The van der Waals surface area contributed by atoms with Crippen LogP contribution in [0.1, 0.15) is 25.3 Å². The third-order valence-electron chi connectivity index (χ3n) is 2.94. The lowest BCUT2D eigenvalue weighted by Gasteiger charge is -2.24. The molecule has 0 saturated carbocycles. The molecule has 0 aliphatic heterocycles. The molecule has 0 aliphatic rings. The highest BCUT2D eigenvalue weighted by Gasteiger charge is 2.45. The van der Waals surface area contributed by atoms with Crippen LogP contribution in [0.5, 0.6) is 0 Å². The quantitative estimate of drug-likeness (QED) is 0.609. The maximum absolute atomic E-state index is 11.1. The summed E-state index contributed by atoms with van der Waals surface area (Å²) in [6, 6.07) is 6.49. The molecular formula is C11H13ClN2O4. The van der Waals surface area contributed by atoms with Crippen LogP contribution in [0.3, 0.4) is 0 Å². The van der Waals surface area contributed by atoms with E-state index in [1.165, 1.54) is 13.8 Å². The highest BCUT2D eigenvalue weighted by molar-refractivity contribution is 6.31. The fourth-order valence-corrected chi connectivity index (χ4v) is 2.00. The molecule has 0 amide bonds. The van der Waals surface area contributed by atoms with Gasteiger partial charge >= 0.3 is 0 Å². The van der Waals surface area contributed by atoms with E-state index >= 15 is 0 Å². The van der Waals surface area contributed by atoms with Crippen LogP contribution in [0.25, 0.3) is 0 Å². The lowest BCUT2D eigenvalue weighted by Crippen LogP contribution is -2.41. The first-order chi connectivity index (χ1) is 8.26. The Labute approximate surface area is 109 Å². The highest BCUT2D eigenvalue weighted by Crippen LogP contribution is 2.34. The van der Waals surface area contributed by atoms with Crippen molar-refractivity contribution >= 4 is 11.6 Å². The third kappa shape index (κ3) is 2.95. The van der Waals surface area contributed by atoms with Gasteiger partial charge in [-0.25, -0.2) is 0 Å². The van der Waals surface area contributed by atoms with Crippen molar-refractivity contribution in [3.05, 3.63) is 55.1 Å². The summed E-state index contributed by atoms with van der Waals surface area (Å²) in [4.78, 5) is 20.7. The Morgan fingerprint density at radius 2 is 1.83 bits per heavy atom. The van der Waals surface area contributed by atoms with Crippen LogP contribution in [0.4, 0.5) is 0 Å². The van der Waals surface area contributed by atoms with Gasteiger partial charge in [-0.15, -0.1) is 0 Å². The molecule has 1 aromatic carbocycles. The molecule has 1 aromatic rings. The van der Waals surface area contributed by atoms with Crippen LogP contribution in [-0.2, 0) is 0 Å². The Morgan fingerprint density at radius 1 is 1.28 bits per heavy atom. The lowest BCUT2D eigenvalue weighted by molar-refractivity contribution is -0.579. The van der Waals surface area contributed by atoms with E-state index < -0.39 is 27.8 Å². The average molecular weight is 273 g/mol. The van der Waals surface area contributed by atoms with Gasteiger partial charge in [0.1, 0.15) is 5.92 Å². The van der Waals surface area contributed by atoms with Crippen molar-refractivity contribution in [1.29, 1.82) is 0 Å². The summed E-state index contributed by atoms with van der Waals surface area (Å²) in [5.41, 5.74) is -1.03. The van der Waals surface area contributed by atoms with Gasteiger partial charge in [0.25, 0.3) is 0 Å². The lowest BCUT2D eigenvalue weighted by atomic mass is 9.82. The van der Waals surface area contributed by atoms with Gasteiger partial charge in [0.05, 0.1) is 0 Å². The Balaban J connectivity index is 3.26. The zero-order valence-electron chi connectivity index (χ0n) is 10.00. The maximum Gasteiger partial charge on any atom is 0.229 e. The summed E-state index contributed by atoms with van der Waals surface area (Å²) in [5.74, 6) is -0.879. The van der Waals surface area contributed by atoms with Crippen LogP contribution in [0.15, 0.2) is 24.3 Å². The molecule has 6 nitrogen and oxygen atoms in total. The second-order valence-corrected chi connectivity index (χ2v) is 4.91. The third-order valence-corrected chi connectivity index (χ3v) is 3.28. The minimum atomic E-state index is -1.46. The minimum absolute atomic E-state index is 0.305. The van der Waals surface area contributed by atoms with Gasteiger partial charge in [-0.3, -0.25) is 20.2 Å². The molecule has 0 heterocycles. The number of hydrogen-bond acceptors (Lipinski definition) is 4. The summed E-state index contributed by atoms with van der Waals surface area (Å²) < 4.78 is 0.